The number of Topliss-reactive ketones (excluding diaryl/α,β-unsaturated/α-hetero) is 1. The Balaban J connectivity index is 1.90. The van der Waals surface area contributed by atoms with E-state index >= 15 is 0 Å². The number of ether oxygens (including phenoxy) is 1. The summed E-state index contributed by atoms with van der Waals surface area (Å²) in [6.07, 6.45) is -0.178. The van der Waals surface area contributed by atoms with Crippen LogP contribution in [0.4, 0.5) is 5.69 Å². The number of aromatic hydroxyl groups is 1. The molecule has 1 aliphatic heterocycles. The Kier molecular flexibility index (Phi) is 4.16. The van der Waals surface area contributed by atoms with E-state index in [1.807, 2.05) is 6.92 Å². The fraction of sp³-hybridized carbons (Fsp3) is 0.111. The van der Waals surface area contributed by atoms with Crippen molar-refractivity contribution in [1.82, 2.24) is 0 Å². The molecule has 2 aromatic carbocycles. The molecule has 1 heterocycles. The maximum Gasteiger partial charge on any atom is 0.339 e. The maximum atomic E-state index is 12.5. The number of anilines is 1. The van der Waals surface area contributed by atoms with Gasteiger partial charge in [-0.3, -0.25) is 4.79 Å². The van der Waals surface area contributed by atoms with E-state index in [0.29, 0.717) is 17.0 Å². The number of ketones is 1. The van der Waals surface area contributed by atoms with Crippen LogP contribution in [-0.4, -0.2) is 33.4 Å². The number of hydrogen-bond donors (Lipinski definition) is 4. The fourth-order valence-electron chi connectivity index (χ4n) is 2.47. The molecule has 0 radical (unpaired) electrons. The molecule has 7 heteroatoms. The second-order valence-electron chi connectivity index (χ2n) is 5.58. The van der Waals surface area contributed by atoms with Crippen molar-refractivity contribution in [2.24, 2.45) is 0 Å². The van der Waals surface area contributed by atoms with Gasteiger partial charge in [0.2, 0.25) is 6.29 Å². The first kappa shape index (κ1) is 16.5. The standard InChI is InChI=1S/C18H15NO6/c1-9-2-5-15-12(6-9)16(21)13(18(24)25-15)8-19-10-3-4-14(20)11(7-10)17(22)23/h2-8,18-20,24H,1H3,(H,22,23)/b13-8+/t18-/m1/s1. The molecule has 0 aromatic heterocycles. The molecule has 3 rings (SSSR count). The first-order valence-electron chi connectivity index (χ1n) is 7.40. The molecule has 0 spiro atoms. The first-order chi connectivity index (χ1) is 11.9. The number of rotatable bonds is 3. The number of aryl methyl sites for hydroxylation is 1. The number of aliphatic hydroxyl groups is 1. The van der Waals surface area contributed by atoms with Crippen LogP contribution in [0.2, 0.25) is 0 Å². The summed E-state index contributed by atoms with van der Waals surface area (Å²) in [5.41, 5.74) is 1.26. The van der Waals surface area contributed by atoms with Crippen LogP contribution < -0.4 is 10.1 Å². The van der Waals surface area contributed by atoms with E-state index in [0.717, 1.165) is 5.56 Å². The third-order valence-electron chi connectivity index (χ3n) is 3.77. The summed E-state index contributed by atoms with van der Waals surface area (Å²) in [6, 6.07) is 8.94. The Labute approximate surface area is 142 Å². The van der Waals surface area contributed by atoms with Gasteiger partial charge >= 0.3 is 5.97 Å². The fourth-order valence-corrected chi connectivity index (χ4v) is 2.47. The molecule has 0 unspecified atom stereocenters. The number of carbonyl (C=O) groups excluding carboxylic acids is 1. The smallest absolute Gasteiger partial charge is 0.339 e. The summed E-state index contributed by atoms with van der Waals surface area (Å²) in [5, 5.41) is 31.3. The van der Waals surface area contributed by atoms with Gasteiger partial charge in [0.25, 0.3) is 0 Å². The van der Waals surface area contributed by atoms with Gasteiger partial charge in [-0.1, -0.05) is 11.6 Å². The Morgan fingerprint density at radius 1 is 1.24 bits per heavy atom. The van der Waals surface area contributed by atoms with Crippen molar-refractivity contribution in [1.29, 1.82) is 0 Å². The van der Waals surface area contributed by atoms with Gasteiger partial charge in [-0.15, -0.1) is 0 Å². The molecule has 0 aliphatic carbocycles. The number of nitrogens with one attached hydrogen (secondary N) is 1. The highest BCUT2D eigenvalue weighted by molar-refractivity contribution is 6.12. The van der Waals surface area contributed by atoms with Crippen molar-refractivity contribution >= 4 is 17.4 Å². The summed E-state index contributed by atoms with van der Waals surface area (Å²) < 4.78 is 5.33. The van der Waals surface area contributed by atoms with E-state index in [-0.39, 0.29) is 22.7 Å². The molecule has 1 aliphatic rings. The maximum absolute atomic E-state index is 12.5. The molecular formula is C18H15NO6. The highest BCUT2D eigenvalue weighted by atomic mass is 16.6. The average Bonchev–Trinajstić information content (AvgIpc) is 2.56. The molecule has 0 amide bonds. The molecule has 0 fully saturated rings. The first-order valence-corrected chi connectivity index (χ1v) is 7.40. The van der Waals surface area contributed by atoms with Crippen molar-refractivity contribution in [3.05, 3.63) is 64.9 Å². The average molecular weight is 341 g/mol. The molecule has 7 nitrogen and oxygen atoms in total. The monoisotopic (exact) mass is 341 g/mol. The van der Waals surface area contributed by atoms with Crippen LogP contribution in [0.3, 0.4) is 0 Å². The van der Waals surface area contributed by atoms with Crippen molar-refractivity contribution in [3.8, 4) is 11.5 Å². The Hall–Kier alpha value is -3.32. The molecule has 0 saturated carbocycles. The van der Waals surface area contributed by atoms with E-state index in [1.165, 1.54) is 24.4 Å². The minimum absolute atomic E-state index is 0.0111. The predicted molar refractivity (Wildman–Crippen MR) is 88.9 cm³/mol. The van der Waals surface area contributed by atoms with Crippen molar-refractivity contribution in [2.75, 3.05) is 5.32 Å². The SMILES string of the molecule is Cc1ccc2c(c1)C(=O)/C(=C\Nc1ccc(O)c(C(=O)O)c1)[C@H](O)O2. The summed E-state index contributed by atoms with van der Waals surface area (Å²) in [7, 11) is 0. The Morgan fingerprint density at radius 3 is 2.72 bits per heavy atom. The lowest BCUT2D eigenvalue weighted by Gasteiger charge is -2.24. The lowest BCUT2D eigenvalue weighted by atomic mass is 9.98. The minimum Gasteiger partial charge on any atom is -0.507 e. The van der Waals surface area contributed by atoms with Crippen LogP contribution in [0.25, 0.3) is 0 Å². The van der Waals surface area contributed by atoms with Gasteiger partial charge in [-0.2, -0.15) is 0 Å². The molecular weight excluding hydrogens is 326 g/mol. The molecule has 1 atom stereocenters. The van der Waals surface area contributed by atoms with Gasteiger partial charge in [-0.25, -0.2) is 4.79 Å². The molecule has 4 N–H and O–H groups in total. The largest absolute Gasteiger partial charge is 0.507 e. The van der Waals surface area contributed by atoms with Crippen LogP contribution >= 0.6 is 0 Å². The minimum atomic E-state index is -1.44. The van der Waals surface area contributed by atoms with Crippen LogP contribution in [-0.2, 0) is 0 Å². The number of benzene rings is 2. The summed E-state index contributed by atoms with van der Waals surface area (Å²) in [5.74, 6) is -1.73. The quantitative estimate of drug-likeness (QED) is 0.500. The van der Waals surface area contributed by atoms with Gasteiger partial charge in [0, 0.05) is 11.9 Å². The number of carboxylic acids is 1. The number of carboxylic acid groups (broad SMARTS) is 1. The van der Waals surface area contributed by atoms with Gasteiger partial charge in [-0.05, 0) is 37.3 Å². The number of aromatic carboxylic acids is 1. The van der Waals surface area contributed by atoms with E-state index in [1.54, 1.807) is 18.2 Å². The number of fused-ring (bicyclic) bond motifs is 1. The summed E-state index contributed by atoms with van der Waals surface area (Å²) >= 11 is 0. The summed E-state index contributed by atoms with van der Waals surface area (Å²) in [4.78, 5) is 23.6. The number of phenols is 1. The van der Waals surface area contributed by atoms with Gasteiger partial charge < -0.3 is 25.4 Å². The molecule has 2 aromatic rings. The van der Waals surface area contributed by atoms with Crippen molar-refractivity contribution < 1.29 is 29.6 Å². The zero-order valence-corrected chi connectivity index (χ0v) is 13.2. The van der Waals surface area contributed by atoms with Crippen LogP contribution in [0, 0.1) is 6.92 Å². The normalized spacial score (nSPS) is 17.8. The predicted octanol–water partition coefficient (Wildman–Crippen LogP) is 2.29. The zero-order chi connectivity index (χ0) is 18.1. The van der Waals surface area contributed by atoms with Crippen molar-refractivity contribution in [2.45, 2.75) is 13.2 Å². The summed E-state index contributed by atoms with van der Waals surface area (Å²) in [6.45, 7) is 1.84. The third-order valence-corrected chi connectivity index (χ3v) is 3.77. The van der Waals surface area contributed by atoms with E-state index in [9.17, 15) is 19.8 Å². The number of carbonyl (C=O) groups is 2. The highest BCUT2D eigenvalue weighted by Crippen LogP contribution is 2.31. The molecule has 128 valence electrons. The second kappa shape index (κ2) is 6.29. The van der Waals surface area contributed by atoms with Crippen LogP contribution in [0.15, 0.2) is 48.2 Å². The number of aliphatic hydroxyl groups excluding tert-OH is 1. The zero-order valence-electron chi connectivity index (χ0n) is 13.2. The van der Waals surface area contributed by atoms with Gasteiger partial charge in [0.05, 0.1) is 11.1 Å². The Morgan fingerprint density at radius 2 is 2.00 bits per heavy atom. The lowest BCUT2D eigenvalue weighted by Crippen LogP contribution is -2.30. The highest BCUT2D eigenvalue weighted by Gasteiger charge is 2.30. The topological polar surface area (TPSA) is 116 Å². The third kappa shape index (κ3) is 3.17. The molecule has 0 saturated heterocycles. The molecule has 25 heavy (non-hydrogen) atoms. The van der Waals surface area contributed by atoms with E-state index in [4.69, 9.17) is 9.84 Å². The Bertz CT molecular complexity index is 902. The van der Waals surface area contributed by atoms with Gasteiger partial charge in [0.15, 0.2) is 5.78 Å². The molecule has 0 bridgehead atoms. The number of hydrogen-bond acceptors (Lipinski definition) is 6. The lowest BCUT2D eigenvalue weighted by molar-refractivity contribution is 0.00781. The van der Waals surface area contributed by atoms with E-state index in [2.05, 4.69) is 5.32 Å². The second-order valence-corrected chi connectivity index (χ2v) is 5.58. The van der Waals surface area contributed by atoms with Crippen LogP contribution in [0.1, 0.15) is 26.3 Å². The van der Waals surface area contributed by atoms with Crippen LogP contribution in [0.5, 0.6) is 11.5 Å². The van der Waals surface area contributed by atoms with Crippen molar-refractivity contribution in [3.63, 3.8) is 0 Å². The van der Waals surface area contributed by atoms with Gasteiger partial charge in [0.1, 0.15) is 17.1 Å². The van der Waals surface area contributed by atoms with E-state index < -0.39 is 12.3 Å².